The highest BCUT2D eigenvalue weighted by Gasteiger charge is 2.36. The van der Waals surface area contributed by atoms with Crippen LogP contribution in [-0.2, 0) is 36.4 Å². The summed E-state index contributed by atoms with van der Waals surface area (Å²) in [4.78, 5) is 12.4. The van der Waals surface area contributed by atoms with Crippen LogP contribution in [0.5, 0.6) is 0 Å². The van der Waals surface area contributed by atoms with Gasteiger partial charge in [-0.05, 0) is 78.1 Å². The molecule has 0 aliphatic carbocycles. The smallest absolute Gasteiger partial charge is 0.326 e. The maximum absolute atomic E-state index is 13.2. The lowest BCUT2D eigenvalue weighted by molar-refractivity contribution is -0.141. The number of benzene rings is 2. The third kappa shape index (κ3) is 7.51. The molecule has 0 saturated heterocycles. The third-order valence-corrected chi connectivity index (χ3v) is 5.91. The molecule has 182 valence electrons. The molecule has 0 saturated carbocycles. The zero-order chi connectivity index (χ0) is 25.0. The molecule has 0 spiro atoms. The number of halogens is 6. The van der Waals surface area contributed by atoms with Crippen LogP contribution in [0.25, 0.3) is 0 Å². The minimum absolute atomic E-state index is 0.377. The molecule has 0 aliphatic heterocycles. The first kappa shape index (κ1) is 26.7. The minimum Gasteiger partial charge on any atom is -0.326 e. The summed E-state index contributed by atoms with van der Waals surface area (Å²) in [5.41, 5.74) is -0.137. The van der Waals surface area contributed by atoms with E-state index in [1.54, 1.807) is 6.07 Å². The highest BCUT2D eigenvalue weighted by atomic mass is 19.4. The van der Waals surface area contributed by atoms with Gasteiger partial charge in [0.05, 0.1) is 11.1 Å². The van der Waals surface area contributed by atoms with Crippen molar-refractivity contribution in [2.45, 2.75) is 65.7 Å². The number of rotatable bonds is 8. The lowest BCUT2D eigenvalue weighted by atomic mass is 9.88. The van der Waals surface area contributed by atoms with Gasteiger partial charge in [0.25, 0.3) is 0 Å². The van der Waals surface area contributed by atoms with E-state index in [4.69, 9.17) is 0 Å². The summed E-state index contributed by atoms with van der Waals surface area (Å²) in [6.07, 6.45) is -8.78. The molecule has 2 aromatic rings. The number of amides is 1. The summed E-state index contributed by atoms with van der Waals surface area (Å²) in [7, 11) is 0. The van der Waals surface area contributed by atoms with E-state index in [9.17, 15) is 31.1 Å². The quantitative estimate of drug-likeness (QED) is 0.391. The van der Waals surface area contributed by atoms with Gasteiger partial charge in [-0.2, -0.15) is 26.3 Å². The van der Waals surface area contributed by atoms with Gasteiger partial charge in [0, 0.05) is 12.1 Å². The molecule has 1 atom stereocenters. The molecule has 2 rings (SSSR count). The zero-order valence-corrected chi connectivity index (χ0v) is 19.1. The van der Waals surface area contributed by atoms with Crippen molar-refractivity contribution >= 4 is 11.6 Å². The second-order valence-electron chi connectivity index (χ2n) is 8.68. The van der Waals surface area contributed by atoms with Crippen molar-refractivity contribution in [3.8, 4) is 0 Å². The van der Waals surface area contributed by atoms with Gasteiger partial charge >= 0.3 is 12.4 Å². The number of anilines is 1. The van der Waals surface area contributed by atoms with Crippen LogP contribution in [-0.4, -0.2) is 5.91 Å². The molecule has 1 amide bonds. The number of hydrogen-bond donors (Lipinski definition) is 1. The lowest BCUT2D eigenvalue weighted by Crippen LogP contribution is -2.16. The van der Waals surface area contributed by atoms with Crippen molar-refractivity contribution in [2.75, 3.05) is 5.32 Å². The van der Waals surface area contributed by atoms with Gasteiger partial charge in [0.1, 0.15) is 0 Å². The number of carbonyl (C=O) groups excluding carboxylic acids is 1. The second kappa shape index (κ2) is 10.6. The van der Waals surface area contributed by atoms with Crippen LogP contribution < -0.4 is 5.32 Å². The van der Waals surface area contributed by atoms with E-state index in [0.717, 1.165) is 24.0 Å². The Labute approximate surface area is 190 Å². The van der Waals surface area contributed by atoms with Crippen LogP contribution in [0.2, 0.25) is 0 Å². The molecule has 1 N–H and O–H groups in total. The Morgan fingerprint density at radius 1 is 0.879 bits per heavy atom. The van der Waals surface area contributed by atoms with Crippen LogP contribution in [0.1, 0.15) is 61.9 Å². The first-order valence-corrected chi connectivity index (χ1v) is 10.9. The first-order chi connectivity index (χ1) is 15.2. The molecule has 0 aliphatic rings. The maximum Gasteiger partial charge on any atom is 0.416 e. The van der Waals surface area contributed by atoms with Gasteiger partial charge in [0.2, 0.25) is 5.91 Å². The molecule has 2 aromatic carbocycles. The van der Waals surface area contributed by atoms with Crippen LogP contribution in [0.15, 0.2) is 36.4 Å². The molecule has 2 nitrogen and oxygen atoms in total. The Morgan fingerprint density at radius 2 is 1.55 bits per heavy atom. The van der Waals surface area contributed by atoms with Crippen molar-refractivity contribution in [3.63, 3.8) is 0 Å². The monoisotopic (exact) mass is 473 g/mol. The Kier molecular flexibility index (Phi) is 8.60. The van der Waals surface area contributed by atoms with E-state index < -0.39 is 41.4 Å². The van der Waals surface area contributed by atoms with Gasteiger partial charge in [-0.15, -0.1) is 0 Å². The SMILES string of the molecule is CCc1ccc(NC(=O)CCc2cc(C(F)(F)F)ccc2C(F)(F)F)cc1CC(C)C(C)C. The second-order valence-corrected chi connectivity index (χ2v) is 8.68. The predicted octanol–water partition coefficient (Wildman–Crippen LogP) is 7.69. The summed E-state index contributed by atoms with van der Waals surface area (Å²) in [5, 5.41) is 2.67. The van der Waals surface area contributed by atoms with Crippen LogP contribution in [0.4, 0.5) is 32.0 Å². The Bertz CT molecular complexity index is 962. The highest BCUT2D eigenvalue weighted by molar-refractivity contribution is 5.91. The number of aryl methyl sites for hydroxylation is 2. The first-order valence-electron chi connectivity index (χ1n) is 10.9. The Balaban J connectivity index is 2.17. The van der Waals surface area contributed by atoms with Gasteiger partial charge < -0.3 is 5.32 Å². The van der Waals surface area contributed by atoms with Gasteiger partial charge in [-0.1, -0.05) is 33.8 Å². The molecule has 0 fully saturated rings. The fourth-order valence-electron chi connectivity index (χ4n) is 3.55. The third-order valence-electron chi connectivity index (χ3n) is 5.91. The topological polar surface area (TPSA) is 29.1 Å². The summed E-state index contributed by atoms with van der Waals surface area (Å²) in [5.74, 6) is 0.332. The van der Waals surface area contributed by atoms with Gasteiger partial charge in [-0.3, -0.25) is 4.79 Å². The summed E-state index contributed by atoms with van der Waals surface area (Å²) in [6.45, 7) is 8.43. The van der Waals surface area contributed by atoms with E-state index >= 15 is 0 Å². The average Bonchev–Trinajstić information content (AvgIpc) is 2.70. The van der Waals surface area contributed by atoms with E-state index in [-0.39, 0.29) is 6.42 Å². The number of hydrogen-bond acceptors (Lipinski definition) is 1. The minimum atomic E-state index is -4.81. The molecule has 8 heteroatoms. The largest absolute Gasteiger partial charge is 0.416 e. The van der Waals surface area contributed by atoms with E-state index in [1.165, 1.54) is 0 Å². The number of alkyl halides is 6. The molecule has 0 radical (unpaired) electrons. The highest BCUT2D eigenvalue weighted by Crippen LogP contribution is 2.37. The molecule has 0 aromatic heterocycles. The maximum atomic E-state index is 13.2. The van der Waals surface area contributed by atoms with Crippen LogP contribution in [0.3, 0.4) is 0 Å². The Morgan fingerprint density at radius 3 is 2.09 bits per heavy atom. The van der Waals surface area contributed by atoms with Crippen molar-refractivity contribution in [1.82, 2.24) is 0 Å². The van der Waals surface area contributed by atoms with E-state index in [2.05, 4.69) is 26.1 Å². The van der Waals surface area contributed by atoms with Gasteiger partial charge in [0.15, 0.2) is 0 Å². The van der Waals surface area contributed by atoms with Crippen molar-refractivity contribution in [3.05, 3.63) is 64.2 Å². The molecular formula is C25H29F6NO. The normalized spacial score (nSPS) is 13.3. The molecule has 1 unspecified atom stereocenters. The average molecular weight is 474 g/mol. The number of carbonyl (C=O) groups is 1. The lowest BCUT2D eigenvalue weighted by Gasteiger charge is -2.19. The van der Waals surface area contributed by atoms with Crippen molar-refractivity contribution in [2.24, 2.45) is 11.8 Å². The van der Waals surface area contributed by atoms with Crippen LogP contribution in [0, 0.1) is 11.8 Å². The van der Waals surface area contributed by atoms with Crippen LogP contribution >= 0.6 is 0 Å². The number of nitrogens with one attached hydrogen (secondary N) is 1. The van der Waals surface area contributed by atoms with E-state index in [0.29, 0.717) is 35.7 Å². The Hall–Kier alpha value is -2.51. The van der Waals surface area contributed by atoms with Crippen molar-refractivity contribution < 1.29 is 31.1 Å². The fourth-order valence-corrected chi connectivity index (χ4v) is 3.55. The summed E-state index contributed by atoms with van der Waals surface area (Å²) in [6, 6.07) is 6.79. The molecule has 0 heterocycles. The van der Waals surface area contributed by atoms with Crippen molar-refractivity contribution in [1.29, 1.82) is 0 Å². The van der Waals surface area contributed by atoms with Gasteiger partial charge in [-0.25, -0.2) is 0 Å². The molecular weight excluding hydrogens is 444 g/mol. The predicted molar refractivity (Wildman–Crippen MR) is 117 cm³/mol. The van der Waals surface area contributed by atoms with E-state index in [1.807, 2.05) is 19.1 Å². The summed E-state index contributed by atoms with van der Waals surface area (Å²) >= 11 is 0. The summed E-state index contributed by atoms with van der Waals surface area (Å²) < 4.78 is 78.6. The molecule has 33 heavy (non-hydrogen) atoms. The molecule has 0 bridgehead atoms. The fraction of sp³-hybridized carbons (Fsp3) is 0.480. The standard InChI is InChI=1S/C25H29F6NO/c1-5-17-6-9-21(14-19(17)12-16(4)15(2)3)32-23(33)11-7-18-13-20(24(26,27)28)8-10-22(18)25(29,30)31/h6,8-10,13-16H,5,7,11-12H2,1-4H3,(H,32,33). The zero-order valence-electron chi connectivity index (χ0n) is 19.1.